The fourth-order valence-electron chi connectivity index (χ4n) is 2.54. The van der Waals surface area contributed by atoms with Gasteiger partial charge in [-0.1, -0.05) is 6.07 Å². The van der Waals surface area contributed by atoms with E-state index in [1.54, 1.807) is 11.3 Å². The maximum Gasteiger partial charge on any atom is 0.225 e. The summed E-state index contributed by atoms with van der Waals surface area (Å²) in [5.74, 6) is 1.23. The van der Waals surface area contributed by atoms with Gasteiger partial charge >= 0.3 is 0 Å². The van der Waals surface area contributed by atoms with E-state index in [-0.39, 0.29) is 11.8 Å². The molecule has 0 aromatic carbocycles. The summed E-state index contributed by atoms with van der Waals surface area (Å²) in [7, 11) is 0. The Morgan fingerprint density at radius 1 is 1.63 bits per heavy atom. The minimum atomic E-state index is 0.0698. The van der Waals surface area contributed by atoms with Crippen molar-refractivity contribution in [3.63, 3.8) is 0 Å². The van der Waals surface area contributed by atoms with Crippen molar-refractivity contribution in [2.45, 2.75) is 32.9 Å². The number of thiophene rings is 1. The Morgan fingerprint density at radius 3 is 3.32 bits per heavy atom. The summed E-state index contributed by atoms with van der Waals surface area (Å²) in [5, 5.41) is 5.07. The summed E-state index contributed by atoms with van der Waals surface area (Å²) in [6.07, 6.45) is 3.79. The molecule has 1 aliphatic rings. The van der Waals surface area contributed by atoms with Gasteiger partial charge in [-0.25, -0.2) is 4.98 Å². The second-order valence-corrected chi connectivity index (χ2v) is 5.97. The fraction of sp³-hybridized carbons (Fsp3) is 0.429. The smallest absolute Gasteiger partial charge is 0.225 e. The molecule has 2 aromatic rings. The number of hydrogen-bond acceptors (Lipinski definition) is 3. The van der Waals surface area contributed by atoms with Crippen molar-refractivity contribution in [1.82, 2.24) is 14.9 Å². The van der Waals surface area contributed by atoms with E-state index in [1.165, 1.54) is 10.6 Å². The SMILES string of the molecule is Cc1ncc2n1CC(C(=O)NCc1cccs1)CC2. The summed E-state index contributed by atoms with van der Waals surface area (Å²) in [6, 6.07) is 4.05. The first-order valence-corrected chi connectivity index (χ1v) is 7.43. The first-order chi connectivity index (χ1) is 9.24. The van der Waals surface area contributed by atoms with E-state index in [2.05, 4.69) is 14.9 Å². The average molecular weight is 275 g/mol. The molecule has 2 aromatic heterocycles. The average Bonchev–Trinajstić information content (AvgIpc) is 3.06. The van der Waals surface area contributed by atoms with Gasteiger partial charge in [0.05, 0.1) is 12.5 Å². The molecule has 3 heterocycles. The van der Waals surface area contributed by atoms with Crippen LogP contribution in [0.25, 0.3) is 0 Å². The number of carbonyl (C=O) groups excluding carboxylic acids is 1. The molecule has 1 atom stereocenters. The van der Waals surface area contributed by atoms with Crippen molar-refractivity contribution < 1.29 is 4.79 Å². The Bertz CT molecular complexity index is 574. The Morgan fingerprint density at radius 2 is 2.53 bits per heavy atom. The fourth-order valence-corrected chi connectivity index (χ4v) is 3.19. The van der Waals surface area contributed by atoms with Crippen molar-refractivity contribution in [3.05, 3.63) is 40.1 Å². The van der Waals surface area contributed by atoms with Crippen LogP contribution in [0.2, 0.25) is 0 Å². The molecular formula is C14H17N3OS. The highest BCUT2D eigenvalue weighted by Gasteiger charge is 2.25. The van der Waals surface area contributed by atoms with E-state index >= 15 is 0 Å². The molecule has 0 spiro atoms. The first-order valence-electron chi connectivity index (χ1n) is 6.55. The molecule has 0 saturated carbocycles. The molecule has 1 amide bonds. The molecule has 1 N–H and O–H groups in total. The van der Waals surface area contributed by atoms with Crippen molar-refractivity contribution in [1.29, 1.82) is 0 Å². The Hall–Kier alpha value is -1.62. The van der Waals surface area contributed by atoms with E-state index in [4.69, 9.17) is 0 Å². The van der Waals surface area contributed by atoms with Crippen LogP contribution >= 0.6 is 11.3 Å². The van der Waals surface area contributed by atoms with Crippen LogP contribution in [0.4, 0.5) is 0 Å². The van der Waals surface area contributed by atoms with Crippen LogP contribution in [0.5, 0.6) is 0 Å². The number of hydrogen-bond donors (Lipinski definition) is 1. The van der Waals surface area contributed by atoms with Gasteiger partial charge in [-0.15, -0.1) is 11.3 Å². The summed E-state index contributed by atoms with van der Waals surface area (Å²) < 4.78 is 2.17. The largest absolute Gasteiger partial charge is 0.351 e. The van der Waals surface area contributed by atoms with Gasteiger partial charge in [0, 0.05) is 23.3 Å². The third-order valence-electron chi connectivity index (χ3n) is 3.68. The Balaban J connectivity index is 1.61. The molecule has 5 heteroatoms. The number of nitrogens with one attached hydrogen (secondary N) is 1. The molecule has 100 valence electrons. The van der Waals surface area contributed by atoms with Gasteiger partial charge in [0.2, 0.25) is 5.91 Å². The van der Waals surface area contributed by atoms with Crippen molar-refractivity contribution >= 4 is 17.2 Å². The molecule has 19 heavy (non-hydrogen) atoms. The summed E-state index contributed by atoms with van der Waals surface area (Å²) in [4.78, 5) is 17.7. The predicted molar refractivity (Wildman–Crippen MR) is 74.9 cm³/mol. The summed E-state index contributed by atoms with van der Waals surface area (Å²) in [6.45, 7) is 3.40. The molecule has 0 radical (unpaired) electrons. The number of carbonyl (C=O) groups is 1. The quantitative estimate of drug-likeness (QED) is 0.933. The molecule has 4 nitrogen and oxygen atoms in total. The number of aryl methyl sites for hydroxylation is 2. The van der Waals surface area contributed by atoms with Crippen LogP contribution < -0.4 is 5.32 Å². The van der Waals surface area contributed by atoms with Crippen LogP contribution in [-0.2, 0) is 24.3 Å². The lowest BCUT2D eigenvalue weighted by Gasteiger charge is -2.24. The Labute approximate surface area is 116 Å². The topological polar surface area (TPSA) is 46.9 Å². The second-order valence-electron chi connectivity index (χ2n) is 4.94. The maximum atomic E-state index is 12.2. The third kappa shape index (κ3) is 2.56. The number of imidazole rings is 1. The lowest BCUT2D eigenvalue weighted by molar-refractivity contribution is -0.126. The van der Waals surface area contributed by atoms with Gasteiger partial charge in [0.25, 0.3) is 0 Å². The normalized spacial score (nSPS) is 18.1. The molecule has 0 bridgehead atoms. The Kier molecular flexibility index (Phi) is 3.38. The minimum absolute atomic E-state index is 0.0698. The third-order valence-corrected chi connectivity index (χ3v) is 4.55. The van der Waals surface area contributed by atoms with Crippen LogP contribution in [0.15, 0.2) is 23.7 Å². The zero-order valence-electron chi connectivity index (χ0n) is 10.9. The number of aromatic nitrogens is 2. The van der Waals surface area contributed by atoms with E-state index in [0.717, 1.165) is 25.2 Å². The zero-order valence-corrected chi connectivity index (χ0v) is 11.7. The van der Waals surface area contributed by atoms with Crippen LogP contribution in [0.3, 0.4) is 0 Å². The van der Waals surface area contributed by atoms with Crippen LogP contribution in [-0.4, -0.2) is 15.5 Å². The minimum Gasteiger partial charge on any atom is -0.351 e. The lowest BCUT2D eigenvalue weighted by Crippen LogP contribution is -2.35. The summed E-state index contributed by atoms with van der Waals surface area (Å²) >= 11 is 1.67. The second kappa shape index (κ2) is 5.17. The van der Waals surface area contributed by atoms with Gasteiger partial charge in [0.15, 0.2) is 0 Å². The van der Waals surface area contributed by atoms with Gasteiger partial charge in [-0.3, -0.25) is 4.79 Å². The number of nitrogens with zero attached hydrogens (tertiary/aromatic N) is 2. The van der Waals surface area contributed by atoms with E-state index < -0.39 is 0 Å². The molecule has 0 fully saturated rings. The summed E-state index contributed by atoms with van der Waals surface area (Å²) in [5.41, 5.74) is 1.25. The van der Waals surface area contributed by atoms with Crippen LogP contribution in [0, 0.1) is 12.8 Å². The highest BCUT2D eigenvalue weighted by atomic mass is 32.1. The molecule has 1 unspecified atom stereocenters. The number of rotatable bonds is 3. The first kappa shape index (κ1) is 12.4. The van der Waals surface area contributed by atoms with Gasteiger partial charge in [-0.05, 0) is 31.2 Å². The molecule has 0 aliphatic carbocycles. The van der Waals surface area contributed by atoms with Crippen molar-refractivity contribution in [2.75, 3.05) is 0 Å². The number of fused-ring (bicyclic) bond motifs is 1. The maximum absolute atomic E-state index is 12.2. The van der Waals surface area contributed by atoms with Crippen molar-refractivity contribution in [2.24, 2.45) is 5.92 Å². The van der Waals surface area contributed by atoms with E-state index in [9.17, 15) is 4.79 Å². The highest BCUT2D eigenvalue weighted by Crippen LogP contribution is 2.21. The standard InChI is InChI=1S/C14H17N3OS/c1-10-15-7-12-5-4-11(9-17(10)12)14(18)16-8-13-3-2-6-19-13/h2-3,6-7,11H,4-5,8-9H2,1H3,(H,16,18). The predicted octanol–water partition coefficient (Wildman–Crippen LogP) is 2.13. The monoisotopic (exact) mass is 275 g/mol. The van der Waals surface area contributed by atoms with Gasteiger partial charge < -0.3 is 9.88 Å². The molecule has 3 rings (SSSR count). The highest BCUT2D eigenvalue weighted by molar-refractivity contribution is 7.09. The van der Waals surface area contributed by atoms with E-state index in [0.29, 0.717) is 6.54 Å². The van der Waals surface area contributed by atoms with Gasteiger partial charge in [-0.2, -0.15) is 0 Å². The van der Waals surface area contributed by atoms with Gasteiger partial charge in [0.1, 0.15) is 5.82 Å². The van der Waals surface area contributed by atoms with Crippen LogP contribution in [0.1, 0.15) is 22.8 Å². The lowest BCUT2D eigenvalue weighted by atomic mass is 9.97. The molecule has 0 saturated heterocycles. The number of amides is 1. The zero-order chi connectivity index (χ0) is 13.2. The van der Waals surface area contributed by atoms with Crippen molar-refractivity contribution in [3.8, 4) is 0 Å². The molecule has 1 aliphatic heterocycles. The van der Waals surface area contributed by atoms with E-state index in [1.807, 2.05) is 30.6 Å². The molecular weight excluding hydrogens is 258 g/mol.